The molecule has 1 amide bonds. The Bertz CT molecular complexity index is 311. The van der Waals surface area contributed by atoms with Crippen LogP contribution in [0.1, 0.15) is 12.8 Å². The Hall–Kier alpha value is -0.650. The molecule has 0 bridgehead atoms. The first-order valence-corrected chi connectivity index (χ1v) is 7.08. The fraction of sp³-hybridized carbons (Fsp3) is 0.923. The van der Waals surface area contributed by atoms with Crippen LogP contribution in [0.3, 0.4) is 0 Å². The summed E-state index contributed by atoms with van der Waals surface area (Å²) in [7, 11) is 0. The summed E-state index contributed by atoms with van der Waals surface area (Å²) in [5.41, 5.74) is 5.91. The largest absolute Gasteiger partial charge is 0.379 e. The van der Waals surface area contributed by atoms with Gasteiger partial charge in [-0.3, -0.25) is 9.69 Å². The van der Waals surface area contributed by atoms with E-state index in [-0.39, 0.29) is 17.9 Å². The van der Waals surface area contributed by atoms with Crippen molar-refractivity contribution < 1.29 is 9.53 Å². The van der Waals surface area contributed by atoms with Gasteiger partial charge in [-0.05, 0) is 18.8 Å². The zero-order valence-electron chi connectivity index (χ0n) is 10.9. The van der Waals surface area contributed by atoms with E-state index in [1.54, 1.807) is 0 Å². The van der Waals surface area contributed by atoms with Gasteiger partial charge in [-0.1, -0.05) is 0 Å². The van der Waals surface area contributed by atoms with Gasteiger partial charge in [0.1, 0.15) is 0 Å². The topological polar surface area (TPSA) is 58.8 Å². The van der Waals surface area contributed by atoms with E-state index in [9.17, 15) is 4.79 Å². The number of nitrogens with zero attached hydrogens (tertiary/aromatic N) is 2. The molecule has 3 fully saturated rings. The fourth-order valence-electron chi connectivity index (χ4n) is 2.88. The van der Waals surface area contributed by atoms with Crippen molar-refractivity contribution >= 4 is 5.91 Å². The van der Waals surface area contributed by atoms with Crippen molar-refractivity contribution in [1.29, 1.82) is 0 Å². The zero-order chi connectivity index (χ0) is 12.5. The molecular formula is C13H23N3O2. The Morgan fingerprint density at radius 1 is 1.17 bits per heavy atom. The maximum Gasteiger partial charge on any atom is 0.229 e. The third-order valence-electron chi connectivity index (χ3n) is 4.34. The number of hydrogen-bond donors (Lipinski definition) is 1. The lowest BCUT2D eigenvalue weighted by molar-refractivity contribution is -0.137. The molecule has 18 heavy (non-hydrogen) atoms. The lowest BCUT2D eigenvalue weighted by Gasteiger charge is -2.36. The molecule has 0 radical (unpaired) electrons. The van der Waals surface area contributed by atoms with Crippen LogP contribution in [0.15, 0.2) is 0 Å². The molecule has 5 nitrogen and oxygen atoms in total. The van der Waals surface area contributed by atoms with Crippen LogP contribution in [-0.4, -0.2) is 67.7 Å². The predicted molar refractivity (Wildman–Crippen MR) is 68.0 cm³/mol. The molecule has 2 aliphatic heterocycles. The summed E-state index contributed by atoms with van der Waals surface area (Å²) in [6.07, 6.45) is 2.79. The summed E-state index contributed by atoms with van der Waals surface area (Å²) in [6, 6.07) is -0.109. The van der Waals surface area contributed by atoms with Crippen molar-refractivity contribution in [2.24, 2.45) is 17.6 Å². The molecule has 102 valence electrons. The van der Waals surface area contributed by atoms with Crippen molar-refractivity contribution in [1.82, 2.24) is 9.80 Å². The minimum Gasteiger partial charge on any atom is -0.379 e. The Labute approximate surface area is 108 Å². The van der Waals surface area contributed by atoms with E-state index in [4.69, 9.17) is 10.5 Å². The molecule has 3 aliphatic rings. The lowest BCUT2D eigenvalue weighted by Crippen LogP contribution is -2.52. The highest BCUT2D eigenvalue weighted by molar-refractivity contribution is 5.80. The van der Waals surface area contributed by atoms with E-state index in [0.717, 1.165) is 32.1 Å². The highest BCUT2D eigenvalue weighted by atomic mass is 16.5. The Balaban J connectivity index is 1.47. The summed E-state index contributed by atoms with van der Waals surface area (Å²) < 4.78 is 5.28. The van der Waals surface area contributed by atoms with Gasteiger partial charge >= 0.3 is 0 Å². The standard InChI is InChI=1S/C13H23N3O2/c14-12-9-18-8-11(12)13(17)16-5-3-15(4-6-16)7-10-1-2-10/h10-12H,1-9,14H2. The molecule has 2 unspecified atom stereocenters. The molecular weight excluding hydrogens is 230 g/mol. The molecule has 0 aromatic rings. The maximum absolute atomic E-state index is 12.3. The van der Waals surface area contributed by atoms with Crippen LogP contribution in [0, 0.1) is 11.8 Å². The highest BCUT2D eigenvalue weighted by Crippen LogP contribution is 2.30. The number of amides is 1. The second kappa shape index (κ2) is 5.15. The fourth-order valence-corrected chi connectivity index (χ4v) is 2.88. The Morgan fingerprint density at radius 3 is 2.44 bits per heavy atom. The summed E-state index contributed by atoms with van der Waals surface area (Å²) in [5, 5.41) is 0. The number of ether oxygens (including phenoxy) is 1. The molecule has 5 heteroatoms. The number of rotatable bonds is 3. The van der Waals surface area contributed by atoms with Crippen LogP contribution in [0.5, 0.6) is 0 Å². The molecule has 1 saturated carbocycles. The molecule has 3 rings (SSSR count). The average molecular weight is 253 g/mol. The maximum atomic E-state index is 12.3. The van der Waals surface area contributed by atoms with Gasteiger partial charge in [0.15, 0.2) is 0 Å². The first kappa shape index (κ1) is 12.4. The monoisotopic (exact) mass is 253 g/mol. The Kier molecular flexibility index (Phi) is 3.54. The molecule has 1 aliphatic carbocycles. The quantitative estimate of drug-likeness (QED) is 0.738. The summed E-state index contributed by atoms with van der Waals surface area (Å²) in [6.45, 7) is 6.01. The van der Waals surface area contributed by atoms with Crippen LogP contribution in [-0.2, 0) is 9.53 Å². The second-order valence-electron chi connectivity index (χ2n) is 5.88. The molecule has 0 spiro atoms. The van der Waals surface area contributed by atoms with E-state index >= 15 is 0 Å². The number of carbonyl (C=O) groups is 1. The summed E-state index contributed by atoms with van der Waals surface area (Å²) in [5.74, 6) is 1.02. The van der Waals surface area contributed by atoms with Crippen molar-refractivity contribution in [3.8, 4) is 0 Å². The van der Waals surface area contributed by atoms with Crippen LogP contribution in [0.2, 0.25) is 0 Å². The van der Waals surface area contributed by atoms with E-state index in [2.05, 4.69) is 4.90 Å². The number of hydrogen-bond acceptors (Lipinski definition) is 4. The number of nitrogens with two attached hydrogens (primary N) is 1. The normalized spacial score (nSPS) is 33.9. The van der Waals surface area contributed by atoms with E-state index < -0.39 is 0 Å². The van der Waals surface area contributed by atoms with E-state index in [1.807, 2.05) is 4.90 Å². The molecule has 2 N–H and O–H groups in total. The predicted octanol–water partition coefficient (Wildman–Crippen LogP) is -0.486. The van der Waals surface area contributed by atoms with Crippen molar-refractivity contribution in [3.63, 3.8) is 0 Å². The van der Waals surface area contributed by atoms with Gasteiger partial charge < -0.3 is 15.4 Å². The molecule has 0 aromatic heterocycles. The molecule has 2 heterocycles. The van der Waals surface area contributed by atoms with Gasteiger partial charge in [-0.25, -0.2) is 0 Å². The molecule has 2 atom stereocenters. The SMILES string of the molecule is NC1COCC1C(=O)N1CCN(CC2CC2)CC1. The van der Waals surface area contributed by atoms with E-state index in [0.29, 0.717) is 13.2 Å². The number of piperazine rings is 1. The van der Waals surface area contributed by atoms with Crippen LogP contribution < -0.4 is 5.73 Å². The lowest BCUT2D eigenvalue weighted by atomic mass is 10.0. The summed E-state index contributed by atoms with van der Waals surface area (Å²) >= 11 is 0. The van der Waals surface area contributed by atoms with E-state index in [1.165, 1.54) is 19.4 Å². The average Bonchev–Trinajstić information content (AvgIpc) is 3.09. The zero-order valence-corrected chi connectivity index (χ0v) is 10.9. The minimum absolute atomic E-state index is 0.109. The van der Waals surface area contributed by atoms with Gasteiger partial charge in [0.2, 0.25) is 5.91 Å². The third kappa shape index (κ3) is 2.68. The van der Waals surface area contributed by atoms with Gasteiger partial charge in [-0.2, -0.15) is 0 Å². The minimum atomic E-state index is -0.111. The van der Waals surface area contributed by atoms with Crippen molar-refractivity contribution in [2.45, 2.75) is 18.9 Å². The first-order chi connectivity index (χ1) is 8.74. The smallest absolute Gasteiger partial charge is 0.229 e. The third-order valence-corrected chi connectivity index (χ3v) is 4.34. The summed E-state index contributed by atoms with van der Waals surface area (Å²) in [4.78, 5) is 16.8. The van der Waals surface area contributed by atoms with Gasteiger partial charge in [0, 0.05) is 38.8 Å². The van der Waals surface area contributed by atoms with Crippen LogP contribution >= 0.6 is 0 Å². The van der Waals surface area contributed by atoms with Crippen LogP contribution in [0.25, 0.3) is 0 Å². The Morgan fingerprint density at radius 2 is 1.89 bits per heavy atom. The van der Waals surface area contributed by atoms with Gasteiger partial charge in [-0.15, -0.1) is 0 Å². The van der Waals surface area contributed by atoms with Gasteiger partial charge in [0.05, 0.1) is 19.1 Å². The molecule has 0 aromatic carbocycles. The van der Waals surface area contributed by atoms with Crippen molar-refractivity contribution in [3.05, 3.63) is 0 Å². The molecule has 2 saturated heterocycles. The second-order valence-corrected chi connectivity index (χ2v) is 5.88. The first-order valence-electron chi connectivity index (χ1n) is 7.08. The van der Waals surface area contributed by atoms with Crippen molar-refractivity contribution in [2.75, 3.05) is 45.9 Å². The highest BCUT2D eigenvalue weighted by Gasteiger charge is 2.35. The van der Waals surface area contributed by atoms with Gasteiger partial charge in [0.25, 0.3) is 0 Å². The van der Waals surface area contributed by atoms with Crippen LogP contribution in [0.4, 0.5) is 0 Å². The number of carbonyl (C=O) groups excluding carboxylic acids is 1.